The van der Waals surface area contributed by atoms with E-state index in [0.29, 0.717) is 0 Å². The van der Waals surface area contributed by atoms with Gasteiger partial charge >= 0.3 is 0 Å². The summed E-state index contributed by atoms with van der Waals surface area (Å²) in [6.45, 7) is 9.48. The second-order valence-corrected chi connectivity index (χ2v) is 7.51. The molecule has 0 aromatic heterocycles. The predicted molar refractivity (Wildman–Crippen MR) is 97.0 cm³/mol. The zero-order valence-corrected chi connectivity index (χ0v) is 15.2. The van der Waals surface area contributed by atoms with Crippen molar-refractivity contribution in [3.05, 3.63) is 57.2 Å². The van der Waals surface area contributed by atoms with Gasteiger partial charge in [0.2, 0.25) is 0 Å². The standard InChI is InChI=1S/C18H22INO/c1-13-10-14(12-20-18(2,3)4)8-9-17(13)21-16-7-5-6-15(19)11-16/h5-11,20H,12H2,1-4H3. The first-order valence-electron chi connectivity index (χ1n) is 7.11. The van der Waals surface area contributed by atoms with Crippen LogP contribution in [-0.2, 0) is 6.54 Å². The maximum absolute atomic E-state index is 5.97. The monoisotopic (exact) mass is 395 g/mol. The molecule has 3 heteroatoms. The van der Waals surface area contributed by atoms with Crippen molar-refractivity contribution in [3.63, 3.8) is 0 Å². The summed E-state index contributed by atoms with van der Waals surface area (Å²) in [6, 6.07) is 14.4. The van der Waals surface area contributed by atoms with Crippen molar-refractivity contribution < 1.29 is 4.74 Å². The third-order valence-electron chi connectivity index (χ3n) is 3.09. The van der Waals surface area contributed by atoms with E-state index >= 15 is 0 Å². The number of aryl methyl sites for hydroxylation is 1. The smallest absolute Gasteiger partial charge is 0.130 e. The summed E-state index contributed by atoms with van der Waals surface area (Å²) in [5.74, 6) is 1.79. The summed E-state index contributed by atoms with van der Waals surface area (Å²) in [6.07, 6.45) is 0. The fourth-order valence-corrected chi connectivity index (χ4v) is 2.48. The van der Waals surface area contributed by atoms with Gasteiger partial charge in [0.15, 0.2) is 0 Å². The van der Waals surface area contributed by atoms with Gasteiger partial charge in [0.25, 0.3) is 0 Å². The van der Waals surface area contributed by atoms with Gasteiger partial charge in [-0.1, -0.05) is 18.2 Å². The molecule has 0 saturated carbocycles. The van der Waals surface area contributed by atoms with Crippen molar-refractivity contribution in [2.75, 3.05) is 0 Å². The van der Waals surface area contributed by atoms with E-state index in [9.17, 15) is 0 Å². The van der Waals surface area contributed by atoms with Crippen LogP contribution in [0.1, 0.15) is 31.9 Å². The predicted octanol–water partition coefficient (Wildman–Crippen LogP) is 5.28. The van der Waals surface area contributed by atoms with Gasteiger partial charge in [-0.05, 0) is 85.7 Å². The Morgan fingerprint density at radius 1 is 1.10 bits per heavy atom. The van der Waals surface area contributed by atoms with Crippen LogP contribution in [0.25, 0.3) is 0 Å². The Labute approximate surface area is 141 Å². The van der Waals surface area contributed by atoms with Gasteiger partial charge in [-0.2, -0.15) is 0 Å². The second kappa shape index (κ2) is 6.79. The third kappa shape index (κ3) is 5.32. The SMILES string of the molecule is Cc1cc(CNC(C)(C)C)ccc1Oc1cccc(I)c1. The van der Waals surface area contributed by atoms with Crippen molar-refractivity contribution in [3.8, 4) is 11.5 Å². The number of nitrogens with one attached hydrogen (secondary N) is 1. The zero-order chi connectivity index (χ0) is 15.5. The average molecular weight is 395 g/mol. The molecule has 0 spiro atoms. The lowest BCUT2D eigenvalue weighted by molar-refractivity contribution is 0.424. The number of ether oxygens (including phenoxy) is 1. The molecule has 0 aliphatic heterocycles. The van der Waals surface area contributed by atoms with Gasteiger partial charge in [-0.15, -0.1) is 0 Å². The lowest BCUT2D eigenvalue weighted by Gasteiger charge is -2.21. The Morgan fingerprint density at radius 2 is 1.86 bits per heavy atom. The van der Waals surface area contributed by atoms with Gasteiger partial charge in [-0.3, -0.25) is 0 Å². The lowest BCUT2D eigenvalue weighted by Crippen LogP contribution is -2.35. The minimum absolute atomic E-state index is 0.129. The summed E-state index contributed by atoms with van der Waals surface area (Å²) in [7, 11) is 0. The molecule has 0 unspecified atom stereocenters. The summed E-state index contributed by atoms with van der Waals surface area (Å²) < 4.78 is 7.14. The summed E-state index contributed by atoms with van der Waals surface area (Å²) in [5.41, 5.74) is 2.56. The Balaban J connectivity index is 2.09. The van der Waals surface area contributed by atoms with Crippen LogP contribution in [0.4, 0.5) is 0 Å². The molecule has 0 atom stereocenters. The molecule has 0 aliphatic carbocycles. The molecule has 0 radical (unpaired) electrons. The minimum Gasteiger partial charge on any atom is -0.457 e. The van der Waals surface area contributed by atoms with E-state index in [0.717, 1.165) is 23.6 Å². The molecule has 2 aromatic rings. The highest BCUT2D eigenvalue weighted by Gasteiger charge is 2.09. The van der Waals surface area contributed by atoms with Crippen LogP contribution in [-0.4, -0.2) is 5.54 Å². The molecule has 0 heterocycles. The molecule has 21 heavy (non-hydrogen) atoms. The highest BCUT2D eigenvalue weighted by molar-refractivity contribution is 14.1. The van der Waals surface area contributed by atoms with E-state index in [1.165, 1.54) is 9.13 Å². The highest BCUT2D eigenvalue weighted by atomic mass is 127. The van der Waals surface area contributed by atoms with Crippen molar-refractivity contribution in [1.29, 1.82) is 0 Å². The van der Waals surface area contributed by atoms with Gasteiger partial charge < -0.3 is 10.1 Å². The molecule has 2 aromatic carbocycles. The molecule has 2 rings (SSSR count). The minimum atomic E-state index is 0.129. The number of halogens is 1. The van der Waals surface area contributed by atoms with E-state index in [1.807, 2.05) is 18.2 Å². The number of rotatable bonds is 4. The Kier molecular flexibility index (Phi) is 5.27. The van der Waals surface area contributed by atoms with E-state index in [4.69, 9.17) is 4.74 Å². The van der Waals surface area contributed by atoms with Crippen molar-refractivity contribution in [2.45, 2.75) is 39.8 Å². The maximum Gasteiger partial charge on any atom is 0.130 e. The molecule has 1 N–H and O–H groups in total. The Bertz CT molecular complexity index is 617. The quantitative estimate of drug-likeness (QED) is 0.712. The number of benzene rings is 2. The fourth-order valence-electron chi connectivity index (χ4n) is 1.96. The third-order valence-corrected chi connectivity index (χ3v) is 3.76. The van der Waals surface area contributed by atoms with Crippen LogP contribution in [0.2, 0.25) is 0 Å². The van der Waals surface area contributed by atoms with Crippen molar-refractivity contribution in [2.24, 2.45) is 0 Å². The first-order chi connectivity index (χ1) is 9.83. The topological polar surface area (TPSA) is 21.3 Å². The fraction of sp³-hybridized carbons (Fsp3) is 0.333. The summed E-state index contributed by atoms with van der Waals surface area (Å²) in [5, 5.41) is 3.50. The van der Waals surface area contributed by atoms with Crippen LogP contribution < -0.4 is 10.1 Å². The summed E-state index contributed by atoms with van der Waals surface area (Å²) in [4.78, 5) is 0. The Hall–Kier alpha value is -1.07. The summed E-state index contributed by atoms with van der Waals surface area (Å²) >= 11 is 2.29. The molecule has 0 fully saturated rings. The zero-order valence-electron chi connectivity index (χ0n) is 13.0. The lowest BCUT2D eigenvalue weighted by atomic mass is 10.1. The van der Waals surface area contributed by atoms with Gasteiger partial charge in [0.05, 0.1) is 0 Å². The van der Waals surface area contributed by atoms with Gasteiger partial charge in [-0.25, -0.2) is 0 Å². The van der Waals surface area contributed by atoms with Crippen LogP contribution in [0.3, 0.4) is 0 Å². The van der Waals surface area contributed by atoms with Gasteiger partial charge in [0, 0.05) is 15.7 Å². The first-order valence-corrected chi connectivity index (χ1v) is 8.19. The first kappa shape index (κ1) is 16.3. The van der Waals surface area contributed by atoms with Crippen LogP contribution >= 0.6 is 22.6 Å². The van der Waals surface area contributed by atoms with Crippen LogP contribution in [0, 0.1) is 10.5 Å². The molecule has 0 amide bonds. The van der Waals surface area contributed by atoms with Gasteiger partial charge in [0.1, 0.15) is 11.5 Å². The van der Waals surface area contributed by atoms with Crippen molar-refractivity contribution in [1.82, 2.24) is 5.32 Å². The molecule has 0 saturated heterocycles. The van der Waals surface area contributed by atoms with E-state index in [-0.39, 0.29) is 5.54 Å². The van der Waals surface area contributed by atoms with Crippen molar-refractivity contribution >= 4 is 22.6 Å². The van der Waals surface area contributed by atoms with E-state index < -0.39 is 0 Å². The van der Waals surface area contributed by atoms with Crippen LogP contribution in [0.5, 0.6) is 11.5 Å². The average Bonchev–Trinajstić information content (AvgIpc) is 2.38. The van der Waals surface area contributed by atoms with E-state index in [2.05, 4.69) is 79.9 Å². The Morgan fingerprint density at radius 3 is 2.48 bits per heavy atom. The van der Waals surface area contributed by atoms with Crippen LogP contribution in [0.15, 0.2) is 42.5 Å². The number of hydrogen-bond acceptors (Lipinski definition) is 2. The maximum atomic E-state index is 5.97. The molecule has 112 valence electrons. The highest BCUT2D eigenvalue weighted by Crippen LogP contribution is 2.26. The molecular weight excluding hydrogens is 373 g/mol. The van der Waals surface area contributed by atoms with E-state index in [1.54, 1.807) is 0 Å². The normalized spacial score (nSPS) is 11.5. The second-order valence-electron chi connectivity index (χ2n) is 6.26. The molecular formula is C18H22INO. The molecule has 0 aliphatic rings. The largest absolute Gasteiger partial charge is 0.457 e. The molecule has 0 bridgehead atoms. The molecule has 2 nitrogen and oxygen atoms in total. The number of hydrogen-bond donors (Lipinski definition) is 1.